The van der Waals surface area contributed by atoms with Crippen LogP contribution in [0.15, 0.2) is 0 Å². The highest BCUT2D eigenvalue weighted by molar-refractivity contribution is 9.09. The molecule has 1 aliphatic carbocycles. The lowest BCUT2D eigenvalue weighted by atomic mass is 9.95. The molecule has 2 unspecified atom stereocenters. The summed E-state index contributed by atoms with van der Waals surface area (Å²) in [6, 6.07) is 0.230. The van der Waals surface area contributed by atoms with E-state index in [1.807, 2.05) is 4.90 Å². The van der Waals surface area contributed by atoms with Gasteiger partial charge in [-0.25, -0.2) is 0 Å². The molecule has 1 aliphatic heterocycles. The van der Waals surface area contributed by atoms with Gasteiger partial charge in [0.1, 0.15) is 0 Å². The first-order valence-electron chi connectivity index (χ1n) is 7.67. The molecular weight excluding hydrogens is 306 g/mol. The van der Waals surface area contributed by atoms with E-state index < -0.39 is 0 Å². The highest BCUT2D eigenvalue weighted by atomic mass is 79.9. The lowest BCUT2D eigenvalue weighted by molar-refractivity contribution is -0.144. The van der Waals surface area contributed by atoms with Crippen LogP contribution in [-0.2, 0) is 9.53 Å². The van der Waals surface area contributed by atoms with E-state index in [1.165, 1.54) is 38.5 Å². The van der Waals surface area contributed by atoms with Crippen LogP contribution >= 0.6 is 15.9 Å². The molecule has 1 heterocycles. The maximum absolute atomic E-state index is 12.5. The molecule has 0 aromatic rings. The maximum atomic E-state index is 12.5. The van der Waals surface area contributed by atoms with Gasteiger partial charge in [-0.2, -0.15) is 0 Å². The molecule has 110 valence electrons. The average Bonchev–Trinajstić information content (AvgIpc) is 2.68. The minimum atomic E-state index is 0.161. The molecule has 0 N–H and O–H groups in total. The molecule has 1 amide bonds. The van der Waals surface area contributed by atoms with E-state index in [9.17, 15) is 4.79 Å². The zero-order chi connectivity index (χ0) is 13.7. The fourth-order valence-electron chi connectivity index (χ4n) is 3.19. The Kier molecular flexibility index (Phi) is 6.14. The van der Waals surface area contributed by atoms with Crippen molar-refractivity contribution in [2.24, 2.45) is 5.92 Å². The summed E-state index contributed by atoms with van der Waals surface area (Å²) in [6.07, 6.45) is 8.71. The van der Waals surface area contributed by atoms with E-state index in [-0.39, 0.29) is 12.1 Å². The number of hydrogen-bond acceptors (Lipinski definition) is 2. The van der Waals surface area contributed by atoms with Crippen molar-refractivity contribution in [2.45, 2.75) is 64.0 Å². The first-order valence-corrected chi connectivity index (χ1v) is 8.80. The van der Waals surface area contributed by atoms with E-state index in [0.717, 1.165) is 18.3 Å². The van der Waals surface area contributed by atoms with Crippen LogP contribution in [0.2, 0.25) is 0 Å². The van der Waals surface area contributed by atoms with Crippen molar-refractivity contribution in [1.29, 1.82) is 0 Å². The van der Waals surface area contributed by atoms with E-state index in [0.29, 0.717) is 18.4 Å². The number of amides is 1. The van der Waals surface area contributed by atoms with Crippen molar-refractivity contribution in [2.75, 3.05) is 18.5 Å². The van der Waals surface area contributed by atoms with Crippen molar-refractivity contribution in [3.8, 4) is 0 Å². The number of carbonyl (C=O) groups is 1. The van der Waals surface area contributed by atoms with Gasteiger partial charge in [-0.3, -0.25) is 4.79 Å². The van der Waals surface area contributed by atoms with Crippen LogP contribution < -0.4 is 0 Å². The van der Waals surface area contributed by atoms with E-state index >= 15 is 0 Å². The summed E-state index contributed by atoms with van der Waals surface area (Å²) in [5.74, 6) is 0.959. The van der Waals surface area contributed by atoms with Crippen molar-refractivity contribution >= 4 is 21.8 Å². The summed E-state index contributed by atoms with van der Waals surface area (Å²) >= 11 is 3.45. The Morgan fingerprint density at radius 2 is 1.95 bits per heavy atom. The number of carbonyl (C=O) groups excluding carboxylic acids is 1. The van der Waals surface area contributed by atoms with Crippen LogP contribution in [0.3, 0.4) is 0 Å². The molecular formula is C15H26BrNO2. The number of nitrogens with zero attached hydrogens (tertiary/aromatic N) is 1. The Morgan fingerprint density at radius 3 is 2.58 bits per heavy atom. The summed E-state index contributed by atoms with van der Waals surface area (Å²) in [4.78, 5) is 14.5. The Morgan fingerprint density at radius 1 is 1.26 bits per heavy atom. The number of hydrogen-bond donors (Lipinski definition) is 0. The molecule has 0 aromatic carbocycles. The van der Waals surface area contributed by atoms with Gasteiger partial charge in [0.25, 0.3) is 0 Å². The summed E-state index contributed by atoms with van der Waals surface area (Å²) in [5, 5.41) is 0.812. The van der Waals surface area contributed by atoms with Gasteiger partial charge >= 0.3 is 0 Å². The second-order valence-corrected chi connectivity index (χ2v) is 6.71. The van der Waals surface area contributed by atoms with E-state index in [1.54, 1.807) is 0 Å². The van der Waals surface area contributed by atoms with Crippen molar-refractivity contribution in [3.63, 3.8) is 0 Å². The highest BCUT2D eigenvalue weighted by Gasteiger charge is 2.30. The normalized spacial score (nSPS) is 30.1. The van der Waals surface area contributed by atoms with Gasteiger partial charge in [-0.05, 0) is 25.7 Å². The molecule has 0 bridgehead atoms. The van der Waals surface area contributed by atoms with Crippen LogP contribution in [0.1, 0.15) is 51.9 Å². The van der Waals surface area contributed by atoms with Gasteiger partial charge in [0, 0.05) is 18.3 Å². The van der Waals surface area contributed by atoms with Crippen LogP contribution in [0.25, 0.3) is 0 Å². The van der Waals surface area contributed by atoms with Gasteiger partial charge in [-0.1, -0.05) is 41.6 Å². The summed E-state index contributed by atoms with van der Waals surface area (Å²) < 4.78 is 5.69. The zero-order valence-corrected chi connectivity index (χ0v) is 13.5. The molecule has 1 saturated carbocycles. The number of ether oxygens (including phenoxy) is 1. The van der Waals surface area contributed by atoms with Crippen molar-refractivity contribution in [3.05, 3.63) is 0 Å². The van der Waals surface area contributed by atoms with Gasteiger partial charge < -0.3 is 9.64 Å². The zero-order valence-electron chi connectivity index (χ0n) is 11.9. The topological polar surface area (TPSA) is 29.5 Å². The molecule has 0 spiro atoms. The van der Waals surface area contributed by atoms with Gasteiger partial charge in [-0.15, -0.1) is 0 Å². The Balaban J connectivity index is 1.86. The summed E-state index contributed by atoms with van der Waals surface area (Å²) in [6.45, 7) is 3.51. The molecule has 4 heteroatoms. The largest absolute Gasteiger partial charge is 0.373 e. The van der Waals surface area contributed by atoms with Gasteiger partial charge in [0.2, 0.25) is 5.91 Å². The van der Waals surface area contributed by atoms with Crippen LogP contribution in [0.4, 0.5) is 0 Å². The molecule has 2 aliphatic rings. The molecule has 2 fully saturated rings. The molecule has 3 nitrogen and oxygen atoms in total. The number of morpholine rings is 1. The first kappa shape index (κ1) is 15.3. The quantitative estimate of drug-likeness (QED) is 0.586. The maximum Gasteiger partial charge on any atom is 0.223 e. The van der Waals surface area contributed by atoms with Crippen LogP contribution in [0, 0.1) is 5.92 Å². The van der Waals surface area contributed by atoms with E-state index in [4.69, 9.17) is 4.74 Å². The van der Waals surface area contributed by atoms with Crippen LogP contribution in [0.5, 0.6) is 0 Å². The van der Waals surface area contributed by atoms with E-state index in [2.05, 4.69) is 22.9 Å². The molecule has 0 aromatic heterocycles. The third-order valence-corrected chi connectivity index (χ3v) is 5.16. The minimum Gasteiger partial charge on any atom is -0.373 e. The lowest BCUT2D eigenvalue weighted by Crippen LogP contribution is -2.51. The van der Waals surface area contributed by atoms with Crippen molar-refractivity contribution in [1.82, 2.24) is 4.90 Å². The molecule has 1 saturated heterocycles. The summed E-state index contributed by atoms with van der Waals surface area (Å²) in [7, 11) is 0. The number of alkyl halides is 1. The monoisotopic (exact) mass is 331 g/mol. The fraction of sp³-hybridized carbons (Fsp3) is 0.933. The van der Waals surface area contributed by atoms with Gasteiger partial charge in [0.15, 0.2) is 0 Å². The second kappa shape index (κ2) is 7.63. The molecule has 0 radical (unpaired) electrons. The molecule has 19 heavy (non-hydrogen) atoms. The first-order chi connectivity index (χ1) is 9.20. The minimum absolute atomic E-state index is 0.161. The predicted molar refractivity (Wildman–Crippen MR) is 80.5 cm³/mol. The average molecular weight is 332 g/mol. The lowest BCUT2D eigenvalue weighted by Gasteiger charge is -2.38. The van der Waals surface area contributed by atoms with Crippen LogP contribution in [-0.4, -0.2) is 41.4 Å². The highest BCUT2D eigenvalue weighted by Crippen LogP contribution is 2.27. The Bertz CT molecular complexity index is 290. The number of rotatable bonds is 3. The fourth-order valence-corrected chi connectivity index (χ4v) is 3.58. The van der Waals surface area contributed by atoms with Gasteiger partial charge in [0.05, 0.1) is 18.8 Å². The molecule has 2 atom stereocenters. The third kappa shape index (κ3) is 4.45. The molecule has 2 rings (SSSR count). The smallest absolute Gasteiger partial charge is 0.223 e. The summed E-state index contributed by atoms with van der Waals surface area (Å²) in [5.41, 5.74) is 0. The Hall–Kier alpha value is -0.0900. The van der Waals surface area contributed by atoms with Crippen molar-refractivity contribution < 1.29 is 9.53 Å². The third-order valence-electron chi connectivity index (χ3n) is 4.44. The number of halogens is 1. The Labute approximate surface area is 125 Å². The second-order valence-electron chi connectivity index (χ2n) is 6.07. The predicted octanol–water partition coefficient (Wildman–Crippen LogP) is 3.36. The standard InChI is InChI=1S/C15H26BrNO2/c1-12-11-19-14(9-16)10-17(12)15(18)8-13-6-4-2-3-5-7-13/h12-14H,2-11H2,1H3. The SMILES string of the molecule is CC1COC(CBr)CN1C(=O)CC1CCCCCC1.